The highest BCUT2D eigenvalue weighted by atomic mass is 35.5. The minimum absolute atomic E-state index is 0.254. The van der Waals surface area contributed by atoms with Crippen molar-refractivity contribution in [2.45, 2.75) is 19.9 Å². The summed E-state index contributed by atoms with van der Waals surface area (Å²) in [5.41, 5.74) is 4.30. The fourth-order valence-electron chi connectivity index (χ4n) is 3.16. The highest BCUT2D eigenvalue weighted by molar-refractivity contribution is 7.13. The van der Waals surface area contributed by atoms with E-state index in [4.69, 9.17) is 11.6 Å². The summed E-state index contributed by atoms with van der Waals surface area (Å²) in [5, 5.41) is 18.9. The molecule has 0 unspecified atom stereocenters. The Morgan fingerprint density at radius 2 is 2.12 bits per heavy atom. The molecule has 4 aromatic rings. The van der Waals surface area contributed by atoms with Crippen molar-refractivity contribution in [3.63, 3.8) is 0 Å². The molecule has 0 bridgehead atoms. The number of amides is 1. The fraction of sp³-hybridized carbons (Fsp3) is 0.182. The fourth-order valence-corrected chi connectivity index (χ4v) is 4.04. The maximum Gasteiger partial charge on any atom is 0.268 e. The number of aromatic amines is 1. The Kier molecular flexibility index (Phi) is 6.50. The van der Waals surface area contributed by atoms with E-state index in [2.05, 4.69) is 30.6 Å². The molecule has 0 saturated heterocycles. The minimum Gasteiger partial charge on any atom is -0.394 e. The van der Waals surface area contributed by atoms with Crippen LogP contribution in [0.1, 0.15) is 33.4 Å². The number of nitrogens with zero attached hydrogens (tertiary/aromatic N) is 3. The molecule has 0 aliphatic rings. The number of benzene rings is 1. The zero-order chi connectivity index (χ0) is 22.7. The molecule has 3 heterocycles. The maximum atomic E-state index is 12.8. The number of thiazole rings is 1. The van der Waals surface area contributed by atoms with Gasteiger partial charge in [0.2, 0.25) is 5.95 Å². The summed E-state index contributed by atoms with van der Waals surface area (Å²) in [4.78, 5) is 29.0. The van der Waals surface area contributed by atoms with Crippen LogP contribution >= 0.6 is 22.9 Å². The van der Waals surface area contributed by atoms with Crippen LogP contribution in [0, 0.1) is 13.8 Å². The molecule has 1 atom stereocenters. The smallest absolute Gasteiger partial charge is 0.268 e. The van der Waals surface area contributed by atoms with Gasteiger partial charge in [0.25, 0.3) is 5.91 Å². The van der Waals surface area contributed by atoms with Gasteiger partial charge in [-0.2, -0.15) is 0 Å². The van der Waals surface area contributed by atoms with Gasteiger partial charge in [-0.05, 0) is 43.2 Å². The van der Waals surface area contributed by atoms with Crippen molar-refractivity contribution in [1.29, 1.82) is 0 Å². The van der Waals surface area contributed by atoms with Crippen molar-refractivity contribution in [1.82, 2.24) is 25.3 Å². The van der Waals surface area contributed by atoms with E-state index in [1.165, 1.54) is 11.3 Å². The molecule has 10 heteroatoms. The van der Waals surface area contributed by atoms with Gasteiger partial charge in [-0.1, -0.05) is 23.7 Å². The van der Waals surface area contributed by atoms with Crippen molar-refractivity contribution >= 4 is 39.9 Å². The van der Waals surface area contributed by atoms with Crippen LogP contribution in [0.25, 0.3) is 11.3 Å². The van der Waals surface area contributed by atoms with Gasteiger partial charge in [-0.25, -0.2) is 15.0 Å². The van der Waals surface area contributed by atoms with Crippen LogP contribution in [0.4, 0.5) is 11.1 Å². The Morgan fingerprint density at radius 3 is 2.84 bits per heavy atom. The number of aryl methyl sites for hydroxylation is 2. The maximum absolute atomic E-state index is 12.8. The Hall–Kier alpha value is -3.27. The van der Waals surface area contributed by atoms with Gasteiger partial charge in [0.15, 0.2) is 5.13 Å². The third-order valence-electron chi connectivity index (χ3n) is 4.75. The second-order valence-electron chi connectivity index (χ2n) is 7.21. The number of nitrogens with one attached hydrogen (secondary N) is 3. The van der Waals surface area contributed by atoms with Crippen molar-refractivity contribution in [2.75, 3.05) is 11.9 Å². The zero-order valence-corrected chi connectivity index (χ0v) is 19.0. The largest absolute Gasteiger partial charge is 0.394 e. The van der Waals surface area contributed by atoms with Crippen LogP contribution in [0.2, 0.25) is 5.02 Å². The number of carbonyl (C=O) groups excluding carboxylic acids is 1. The van der Waals surface area contributed by atoms with Crippen LogP contribution in [0.3, 0.4) is 0 Å². The first-order valence-corrected chi connectivity index (χ1v) is 11.1. The molecule has 4 rings (SSSR count). The van der Waals surface area contributed by atoms with E-state index < -0.39 is 6.04 Å². The zero-order valence-electron chi connectivity index (χ0n) is 17.4. The third kappa shape index (κ3) is 4.96. The van der Waals surface area contributed by atoms with Crippen LogP contribution in [-0.4, -0.2) is 37.6 Å². The van der Waals surface area contributed by atoms with Crippen molar-refractivity contribution in [3.05, 3.63) is 75.6 Å². The quantitative estimate of drug-likeness (QED) is 0.319. The molecule has 4 N–H and O–H groups in total. The van der Waals surface area contributed by atoms with Crippen LogP contribution in [0.5, 0.6) is 0 Å². The molecule has 164 valence electrons. The van der Waals surface area contributed by atoms with Gasteiger partial charge >= 0.3 is 0 Å². The molecule has 0 aliphatic carbocycles. The Morgan fingerprint density at radius 1 is 1.28 bits per heavy atom. The summed E-state index contributed by atoms with van der Waals surface area (Å²) in [7, 11) is 0. The van der Waals surface area contributed by atoms with E-state index >= 15 is 0 Å². The van der Waals surface area contributed by atoms with E-state index in [-0.39, 0.29) is 12.5 Å². The monoisotopic (exact) mass is 468 g/mol. The van der Waals surface area contributed by atoms with Gasteiger partial charge in [0.05, 0.1) is 24.0 Å². The standard InChI is InChI=1S/C22H21ClN6O2S/c1-12-8-25-21(29-22-26-13(2)11-32-22)28-19(12)15-7-17(24-9-15)20(31)27-18(10-30)14-4-3-5-16(23)6-14/h3-9,11,18,24,30H,10H2,1-2H3,(H,27,31)(H,25,26,28,29)/t18-/m1/s1. The van der Waals surface area contributed by atoms with Gasteiger partial charge in [0, 0.05) is 28.4 Å². The van der Waals surface area contributed by atoms with Gasteiger partial charge in [-0.15, -0.1) is 11.3 Å². The molecule has 0 radical (unpaired) electrons. The lowest BCUT2D eigenvalue weighted by Gasteiger charge is -2.16. The van der Waals surface area contributed by atoms with Gasteiger partial charge < -0.3 is 20.7 Å². The lowest BCUT2D eigenvalue weighted by molar-refractivity contribution is 0.0911. The average Bonchev–Trinajstić information content (AvgIpc) is 3.42. The molecular weight excluding hydrogens is 448 g/mol. The molecule has 0 saturated carbocycles. The second-order valence-corrected chi connectivity index (χ2v) is 8.50. The molecule has 1 amide bonds. The Labute approximate surface area is 193 Å². The summed E-state index contributed by atoms with van der Waals surface area (Å²) in [6, 6.07) is 8.17. The van der Waals surface area contributed by atoms with Crippen molar-refractivity contribution in [2.24, 2.45) is 0 Å². The van der Waals surface area contributed by atoms with E-state index in [0.29, 0.717) is 27.5 Å². The second kappa shape index (κ2) is 9.47. The number of rotatable bonds is 7. The number of anilines is 2. The van der Waals surface area contributed by atoms with E-state index in [1.54, 1.807) is 42.7 Å². The minimum atomic E-state index is -0.578. The predicted octanol–water partition coefficient (Wildman–Crippen LogP) is 4.41. The summed E-state index contributed by atoms with van der Waals surface area (Å²) < 4.78 is 0. The first kappa shape index (κ1) is 21.9. The number of carbonyl (C=O) groups is 1. The summed E-state index contributed by atoms with van der Waals surface area (Å²) in [5.74, 6) is 0.0760. The molecule has 0 aliphatic heterocycles. The molecule has 1 aromatic carbocycles. The van der Waals surface area contributed by atoms with E-state index in [1.807, 2.05) is 19.2 Å². The average molecular weight is 469 g/mol. The van der Waals surface area contributed by atoms with Crippen molar-refractivity contribution in [3.8, 4) is 11.3 Å². The Balaban J connectivity index is 1.52. The summed E-state index contributed by atoms with van der Waals surface area (Å²) >= 11 is 7.50. The number of aliphatic hydroxyl groups is 1. The predicted molar refractivity (Wildman–Crippen MR) is 125 cm³/mol. The first-order chi connectivity index (χ1) is 15.4. The number of halogens is 1. The van der Waals surface area contributed by atoms with Crippen molar-refractivity contribution < 1.29 is 9.90 Å². The highest BCUT2D eigenvalue weighted by Crippen LogP contribution is 2.25. The summed E-state index contributed by atoms with van der Waals surface area (Å²) in [6.45, 7) is 3.57. The Bertz CT molecular complexity index is 1250. The van der Waals surface area contributed by atoms with E-state index in [9.17, 15) is 9.90 Å². The lowest BCUT2D eigenvalue weighted by Crippen LogP contribution is -2.31. The summed E-state index contributed by atoms with van der Waals surface area (Å²) in [6.07, 6.45) is 3.44. The third-order valence-corrected chi connectivity index (χ3v) is 5.86. The molecule has 0 spiro atoms. The van der Waals surface area contributed by atoms with Gasteiger partial charge in [-0.3, -0.25) is 4.79 Å². The van der Waals surface area contributed by atoms with E-state index in [0.717, 1.165) is 22.4 Å². The first-order valence-electron chi connectivity index (χ1n) is 9.81. The normalized spacial score (nSPS) is 11.9. The number of aromatic nitrogens is 4. The highest BCUT2D eigenvalue weighted by Gasteiger charge is 2.18. The molecule has 8 nitrogen and oxygen atoms in total. The van der Waals surface area contributed by atoms with Crippen LogP contribution in [-0.2, 0) is 0 Å². The SMILES string of the molecule is Cc1csc(Nc2ncc(C)c(-c3c[nH]c(C(=O)N[C@H](CO)c4cccc(Cl)c4)c3)n2)n1. The molecule has 3 aromatic heterocycles. The number of hydrogen-bond donors (Lipinski definition) is 4. The van der Waals surface area contributed by atoms with Gasteiger partial charge in [0.1, 0.15) is 5.69 Å². The van der Waals surface area contributed by atoms with Crippen LogP contribution in [0.15, 0.2) is 48.1 Å². The molecule has 32 heavy (non-hydrogen) atoms. The van der Waals surface area contributed by atoms with Crippen LogP contribution < -0.4 is 10.6 Å². The molecular formula is C22H21ClN6O2S. The number of H-pyrrole nitrogens is 1. The number of aliphatic hydroxyl groups excluding tert-OH is 1. The molecule has 0 fully saturated rings. The topological polar surface area (TPSA) is 116 Å². The lowest BCUT2D eigenvalue weighted by atomic mass is 10.1. The number of hydrogen-bond acceptors (Lipinski definition) is 7.